The maximum atomic E-state index is 13.6. The number of benzene rings is 1. The third kappa shape index (κ3) is 3.65. The SMILES string of the molecule is CCC(N=C1NNC(c2ccc(C(F)F)cc2)O1)C(=O)N1CCC2(C1)CC2(F)F. The molecule has 1 aromatic rings. The molecular weight excluding hydrogens is 392 g/mol. The van der Waals surface area contributed by atoms with Gasteiger partial charge < -0.3 is 9.64 Å². The number of carbonyl (C=O) groups excluding carboxylic acids is 1. The van der Waals surface area contributed by atoms with E-state index in [0.717, 1.165) is 0 Å². The summed E-state index contributed by atoms with van der Waals surface area (Å²) in [6.45, 7) is 2.15. The van der Waals surface area contributed by atoms with Gasteiger partial charge in [-0.2, -0.15) is 5.43 Å². The Balaban J connectivity index is 1.38. The summed E-state index contributed by atoms with van der Waals surface area (Å²) in [5, 5.41) is 0. The van der Waals surface area contributed by atoms with Crippen LogP contribution in [0.25, 0.3) is 0 Å². The van der Waals surface area contributed by atoms with Crippen LogP contribution in [0, 0.1) is 5.41 Å². The molecule has 0 radical (unpaired) electrons. The van der Waals surface area contributed by atoms with Crippen LogP contribution in [-0.4, -0.2) is 41.9 Å². The Kier molecular flexibility index (Phi) is 4.92. The second-order valence-electron chi connectivity index (χ2n) is 7.76. The molecular formula is C19H22F4N4O2. The molecule has 1 aliphatic carbocycles. The van der Waals surface area contributed by atoms with E-state index >= 15 is 0 Å². The lowest BCUT2D eigenvalue weighted by molar-refractivity contribution is -0.131. The van der Waals surface area contributed by atoms with Crippen LogP contribution in [0.1, 0.15) is 50.0 Å². The fourth-order valence-corrected chi connectivity index (χ4v) is 3.89. The first-order valence-electron chi connectivity index (χ1n) is 9.55. The van der Waals surface area contributed by atoms with Gasteiger partial charge in [0.1, 0.15) is 6.04 Å². The first-order valence-corrected chi connectivity index (χ1v) is 9.55. The fourth-order valence-electron chi connectivity index (χ4n) is 3.89. The number of alkyl halides is 4. The fraction of sp³-hybridized carbons (Fsp3) is 0.579. The predicted octanol–water partition coefficient (Wildman–Crippen LogP) is 3.14. The average molecular weight is 414 g/mol. The van der Waals surface area contributed by atoms with Crippen molar-refractivity contribution in [1.29, 1.82) is 0 Å². The molecule has 29 heavy (non-hydrogen) atoms. The van der Waals surface area contributed by atoms with Crippen LogP contribution in [0.2, 0.25) is 0 Å². The molecule has 1 spiro atoms. The van der Waals surface area contributed by atoms with Gasteiger partial charge in [-0.15, -0.1) is 0 Å². The number of nitrogens with one attached hydrogen (secondary N) is 2. The van der Waals surface area contributed by atoms with Gasteiger partial charge in [-0.1, -0.05) is 31.2 Å². The lowest BCUT2D eigenvalue weighted by Gasteiger charge is -2.20. The van der Waals surface area contributed by atoms with Gasteiger partial charge in [-0.25, -0.2) is 22.6 Å². The Hall–Kier alpha value is -2.36. The Morgan fingerprint density at radius 3 is 2.59 bits per heavy atom. The molecule has 3 unspecified atom stereocenters. The van der Waals surface area contributed by atoms with E-state index in [1.54, 1.807) is 6.92 Å². The number of amides is 1. The smallest absolute Gasteiger partial charge is 0.302 e. The highest BCUT2D eigenvalue weighted by Crippen LogP contribution is 2.65. The topological polar surface area (TPSA) is 66.0 Å². The lowest BCUT2D eigenvalue weighted by atomic mass is 10.1. The normalized spacial score (nSPS) is 29.9. The van der Waals surface area contributed by atoms with Gasteiger partial charge in [0.25, 0.3) is 12.3 Å². The molecule has 2 saturated heterocycles. The van der Waals surface area contributed by atoms with Crippen molar-refractivity contribution < 1.29 is 27.1 Å². The Morgan fingerprint density at radius 1 is 1.34 bits per heavy atom. The van der Waals surface area contributed by atoms with Gasteiger partial charge in [-0.05, 0) is 12.8 Å². The molecule has 1 saturated carbocycles. The van der Waals surface area contributed by atoms with Crippen molar-refractivity contribution in [3.8, 4) is 0 Å². The molecule has 3 atom stereocenters. The number of hydrogen-bond donors (Lipinski definition) is 2. The quantitative estimate of drug-likeness (QED) is 0.727. The maximum Gasteiger partial charge on any atom is 0.302 e. The number of rotatable bonds is 5. The second-order valence-corrected chi connectivity index (χ2v) is 7.76. The summed E-state index contributed by atoms with van der Waals surface area (Å²) in [6, 6.07) is 5.02. The third-order valence-corrected chi connectivity index (χ3v) is 5.85. The number of ether oxygens (including phenoxy) is 1. The first kappa shape index (κ1) is 19.9. The first-order chi connectivity index (χ1) is 13.7. The summed E-state index contributed by atoms with van der Waals surface area (Å²) < 4.78 is 58.1. The minimum atomic E-state index is -2.68. The molecule has 3 fully saturated rings. The number of amidine groups is 1. The molecule has 6 nitrogen and oxygen atoms in total. The zero-order chi connectivity index (χ0) is 20.8. The van der Waals surface area contributed by atoms with E-state index in [4.69, 9.17) is 4.74 Å². The van der Waals surface area contributed by atoms with Crippen LogP contribution in [0.15, 0.2) is 29.3 Å². The van der Waals surface area contributed by atoms with Crippen LogP contribution >= 0.6 is 0 Å². The zero-order valence-corrected chi connectivity index (χ0v) is 15.8. The van der Waals surface area contributed by atoms with Crippen LogP contribution in [0.3, 0.4) is 0 Å². The van der Waals surface area contributed by atoms with Crippen LogP contribution in [-0.2, 0) is 9.53 Å². The van der Waals surface area contributed by atoms with E-state index in [-0.39, 0.29) is 30.5 Å². The van der Waals surface area contributed by atoms with E-state index in [1.165, 1.54) is 29.2 Å². The van der Waals surface area contributed by atoms with Crippen molar-refractivity contribution in [2.45, 2.75) is 50.8 Å². The van der Waals surface area contributed by atoms with Crippen molar-refractivity contribution in [2.75, 3.05) is 13.1 Å². The van der Waals surface area contributed by atoms with Gasteiger partial charge in [0, 0.05) is 30.6 Å². The zero-order valence-electron chi connectivity index (χ0n) is 15.8. The maximum absolute atomic E-state index is 13.6. The Bertz CT molecular complexity index is 817. The number of hydrogen-bond acceptors (Lipinski definition) is 4. The summed E-state index contributed by atoms with van der Waals surface area (Å²) in [5.41, 5.74) is 5.04. The monoisotopic (exact) mass is 414 g/mol. The van der Waals surface area contributed by atoms with Gasteiger partial charge in [0.05, 0.1) is 5.41 Å². The third-order valence-electron chi connectivity index (χ3n) is 5.85. The highest BCUT2D eigenvalue weighted by molar-refractivity contribution is 5.86. The summed E-state index contributed by atoms with van der Waals surface area (Å²) in [5.74, 6) is -2.97. The Morgan fingerprint density at radius 2 is 2.03 bits per heavy atom. The number of carbonyl (C=O) groups is 1. The number of hydrazine groups is 1. The minimum Gasteiger partial charge on any atom is -0.439 e. The molecule has 2 heterocycles. The summed E-state index contributed by atoms with van der Waals surface area (Å²) in [4.78, 5) is 18.5. The molecule has 4 rings (SSSR count). The predicted molar refractivity (Wildman–Crippen MR) is 96.2 cm³/mol. The lowest BCUT2D eigenvalue weighted by Crippen LogP contribution is -2.38. The minimum absolute atomic E-state index is 0.0613. The van der Waals surface area contributed by atoms with Gasteiger partial charge in [0.2, 0.25) is 5.91 Å². The van der Waals surface area contributed by atoms with E-state index in [1.807, 2.05) is 0 Å². The molecule has 0 aromatic heterocycles. The summed E-state index contributed by atoms with van der Waals surface area (Å²) >= 11 is 0. The molecule has 10 heteroatoms. The number of likely N-dealkylation sites (tertiary alicyclic amines) is 1. The van der Waals surface area contributed by atoms with E-state index in [9.17, 15) is 22.4 Å². The number of nitrogens with zero attached hydrogens (tertiary/aromatic N) is 2. The summed E-state index contributed by atoms with van der Waals surface area (Å²) in [7, 11) is 0. The standard InChI is InChI=1S/C19H22F4N4O2/c1-2-13(16(28)27-8-7-18(10-27)9-19(18,22)23)24-17-26-25-15(29-17)12-5-3-11(4-6-12)14(20)21/h3-6,13-15,25H,2,7-10H2,1H3,(H,24,26). The second kappa shape index (κ2) is 7.16. The van der Waals surface area contributed by atoms with Gasteiger partial charge >= 0.3 is 6.02 Å². The van der Waals surface area contributed by atoms with Crippen molar-refractivity contribution in [2.24, 2.45) is 10.4 Å². The van der Waals surface area contributed by atoms with Crippen molar-refractivity contribution >= 4 is 11.9 Å². The average Bonchev–Trinajstić information content (AvgIpc) is 3.10. The molecule has 0 bridgehead atoms. The van der Waals surface area contributed by atoms with E-state index < -0.39 is 30.0 Å². The van der Waals surface area contributed by atoms with Crippen molar-refractivity contribution in [3.05, 3.63) is 35.4 Å². The molecule has 158 valence electrons. The largest absolute Gasteiger partial charge is 0.439 e. The molecule has 2 N–H and O–H groups in total. The van der Waals surface area contributed by atoms with Gasteiger partial charge in [-0.3, -0.25) is 10.2 Å². The molecule has 3 aliphatic rings. The van der Waals surface area contributed by atoms with Crippen LogP contribution in [0.4, 0.5) is 17.6 Å². The van der Waals surface area contributed by atoms with Crippen LogP contribution < -0.4 is 10.9 Å². The molecule has 1 aromatic carbocycles. The molecule has 1 amide bonds. The van der Waals surface area contributed by atoms with E-state index in [2.05, 4.69) is 15.8 Å². The molecule has 2 aliphatic heterocycles. The number of aliphatic imine (C=N–C) groups is 1. The van der Waals surface area contributed by atoms with Gasteiger partial charge in [0.15, 0.2) is 6.23 Å². The summed E-state index contributed by atoms with van der Waals surface area (Å²) in [6.07, 6.45) is -2.65. The number of halogens is 4. The van der Waals surface area contributed by atoms with Crippen LogP contribution in [0.5, 0.6) is 0 Å². The highest BCUT2D eigenvalue weighted by atomic mass is 19.3. The highest BCUT2D eigenvalue weighted by Gasteiger charge is 2.73. The Labute approximate surface area is 165 Å². The van der Waals surface area contributed by atoms with Crippen molar-refractivity contribution in [1.82, 2.24) is 15.8 Å². The van der Waals surface area contributed by atoms with Crippen molar-refractivity contribution in [3.63, 3.8) is 0 Å². The van der Waals surface area contributed by atoms with E-state index in [0.29, 0.717) is 24.9 Å².